The Morgan fingerprint density at radius 2 is 2.25 bits per heavy atom. The van der Waals surface area contributed by atoms with Gasteiger partial charge in [0.15, 0.2) is 0 Å². The minimum atomic E-state index is -0.396. The molecule has 0 atom stereocenters. The van der Waals surface area contributed by atoms with Crippen LogP contribution in [0.1, 0.15) is 22.8 Å². The Labute approximate surface area is 118 Å². The van der Waals surface area contributed by atoms with Crippen molar-refractivity contribution >= 4 is 17.7 Å². The predicted molar refractivity (Wildman–Crippen MR) is 77.0 cm³/mol. The maximum absolute atomic E-state index is 12.0. The Kier molecular flexibility index (Phi) is 4.08. The number of rotatable bonds is 4. The summed E-state index contributed by atoms with van der Waals surface area (Å²) in [5.74, 6) is -0.396. The summed E-state index contributed by atoms with van der Waals surface area (Å²) < 4.78 is 5.16. The molecule has 0 saturated carbocycles. The molecule has 1 heterocycles. The monoisotopic (exact) mass is 274 g/mol. The minimum absolute atomic E-state index is 0.138. The highest BCUT2D eigenvalue weighted by molar-refractivity contribution is 5.98. The van der Waals surface area contributed by atoms with E-state index in [0.29, 0.717) is 18.7 Å². The Morgan fingerprint density at radius 3 is 2.85 bits per heavy atom. The van der Waals surface area contributed by atoms with E-state index in [0.717, 1.165) is 16.8 Å². The molecule has 1 aliphatic rings. The standard InChI is InChI=1S/C15H18N2O3/c1-10(2)9-20-14(18)12-5-4-6-13(11(12)3)17-8-7-16-15(17)19/h4-6H,1,7-9H2,2-3H3,(H,16,19). The van der Waals surface area contributed by atoms with E-state index in [9.17, 15) is 9.59 Å². The van der Waals surface area contributed by atoms with Crippen molar-refractivity contribution in [2.24, 2.45) is 0 Å². The van der Waals surface area contributed by atoms with E-state index in [1.54, 1.807) is 24.0 Å². The average molecular weight is 274 g/mol. The van der Waals surface area contributed by atoms with Gasteiger partial charge in [0, 0.05) is 18.8 Å². The van der Waals surface area contributed by atoms with Gasteiger partial charge in [-0.3, -0.25) is 4.90 Å². The number of amides is 2. The maximum atomic E-state index is 12.0. The molecule has 0 bridgehead atoms. The Morgan fingerprint density at radius 1 is 1.50 bits per heavy atom. The summed E-state index contributed by atoms with van der Waals surface area (Å²) in [6.07, 6.45) is 0. The molecule has 1 aliphatic heterocycles. The summed E-state index contributed by atoms with van der Waals surface area (Å²) in [5.41, 5.74) is 2.75. The highest BCUT2D eigenvalue weighted by Crippen LogP contribution is 2.25. The van der Waals surface area contributed by atoms with E-state index in [-0.39, 0.29) is 12.6 Å². The molecular formula is C15H18N2O3. The fourth-order valence-electron chi connectivity index (χ4n) is 2.10. The average Bonchev–Trinajstić information content (AvgIpc) is 2.82. The SMILES string of the molecule is C=C(C)COC(=O)c1cccc(N2CCNC2=O)c1C. The quantitative estimate of drug-likeness (QED) is 0.676. The molecule has 0 aliphatic carbocycles. The van der Waals surface area contributed by atoms with E-state index in [1.165, 1.54) is 0 Å². The van der Waals surface area contributed by atoms with Gasteiger partial charge in [0.1, 0.15) is 6.61 Å². The van der Waals surface area contributed by atoms with Crippen LogP contribution in [0, 0.1) is 6.92 Å². The van der Waals surface area contributed by atoms with Crippen LogP contribution in [0.4, 0.5) is 10.5 Å². The molecule has 1 N–H and O–H groups in total. The van der Waals surface area contributed by atoms with E-state index < -0.39 is 5.97 Å². The maximum Gasteiger partial charge on any atom is 0.338 e. The molecule has 20 heavy (non-hydrogen) atoms. The number of urea groups is 1. The van der Waals surface area contributed by atoms with Gasteiger partial charge in [-0.15, -0.1) is 0 Å². The number of nitrogens with zero attached hydrogens (tertiary/aromatic N) is 1. The van der Waals surface area contributed by atoms with Crippen LogP contribution in [-0.2, 0) is 4.74 Å². The second kappa shape index (κ2) is 5.77. The third-order valence-electron chi connectivity index (χ3n) is 3.12. The summed E-state index contributed by atoms with van der Waals surface area (Å²) in [6.45, 7) is 8.73. The number of benzene rings is 1. The molecular weight excluding hydrogens is 256 g/mol. The van der Waals surface area contributed by atoms with Crippen molar-refractivity contribution in [2.75, 3.05) is 24.6 Å². The molecule has 1 aromatic rings. The number of ether oxygens (including phenoxy) is 1. The van der Waals surface area contributed by atoms with E-state index >= 15 is 0 Å². The van der Waals surface area contributed by atoms with Crippen LogP contribution in [0.3, 0.4) is 0 Å². The van der Waals surface area contributed by atoms with Crippen LogP contribution in [0.5, 0.6) is 0 Å². The lowest BCUT2D eigenvalue weighted by atomic mass is 10.1. The highest BCUT2D eigenvalue weighted by Gasteiger charge is 2.24. The Hall–Kier alpha value is -2.30. The molecule has 1 saturated heterocycles. The third-order valence-corrected chi connectivity index (χ3v) is 3.12. The van der Waals surface area contributed by atoms with Crippen molar-refractivity contribution in [3.63, 3.8) is 0 Å². The van der Waals surface area contributed by atoms with Gasteiger partial charge in [-0.1, -0.05) is 12.6 Å². The molecule has 2 rings (SSSR count). The Balaban J connectivity index is 2.25. The first-order valence-electron chi connectivity index (χ1n) is 6.47. The molecule has 0 spiro atoms. The number of carbonyl (C=O) groups is 2. The molecule has 1 aromatic carbocycles. The van der Waals surface area contributed by atoms with Crippen LogP contribution in [-0.4, -0.2) is 31.7 Å². The van der Waals surface area contributed by atoms with Gasteiger partial charge >= 0.3 is 12.0 Å². The van der Waals surface area contributed by atoms with Crippen molar-refractivity contribution in [3.05, 3.63) is 41.5 Å². The van der Waals surface area contributed by atoms with Crippen molar-refractivity contribution < 1.29 is 14.3 Å². The first-order valence-corrected chi connectivity index (χ1v) is 6.47. The van der Waals surface area contributed by atoms with Gasteiger partial charge in [-0.25, -0.2) is 9.59 Å². The lowest BCUT2D eigenvalue weighted by Gasteiger charge is -2.18. The fourth-order valence-corrected chi connectivity index (χ4v) is 2.10. The summed E-state index contributed by atoms with van der Waals surface area (Å²) in [7, 11) is 0. The zero-order chi connectivity index (χ0) is 14.7. The summed E-state index contributed by atoms with van der Waals surface area (Å²) in [4.78, 5) is 25.4. The normalized spacial score (nSPS) is 14.1. The van der Waals surface area contributed by atoms with Gasteiger partial charge in [-0.2, -0.15) is 0 Å². The van der Waals surface area contributed by atoms with Gasteiger partial charge in [0.05, 0.1) is 5.56 Å². The third kappa shape index (κ3) is 2.82. The molecule has 2 amide bonds. The van der Waals surface area contributed by atoms with Crippen LogP contribution in [0.2, 0.25) is 0 Å². The molecule has 0 aromatic heterocycles. The molecule has 0 radical (unpaired) electrons. The lowest BCUT2D eigenvalue weighted by molar-refractivity contribution is 0.0539. The second-order valence-electron chi connectivity index (χ2n) is 4.87. The Bertz CT molecular complexity index is 566. The number of esters is 1. The number of nitrogens with one attached hydrogen (secondary N) is 1. The molecule has 5 nitrogen and oxygen atoms in total. The first kappa shape index (κ1) is 14.1. The second-order valence-corrected chi connectivity index (χ2v) is 4.87. The summed E-state index contributed by atoms with van der Waals surface area (Å²) >= 11 is 0. The zero-order valence-corrected chi connectivity index (χ0v) is 11.7. The molecule has 5 heteroatoms. The van der Waals surface area contributed by atoms with Crippen molar-refractivity contribution in [3.8, 4) is 0 Å². The van der Waals surface area contributed by atoms with Gasteiger partial charge < -0.3 is 10.1 Å². The smallest absolute Gasteiger partial charge is 0.338 e. The van der Waals surface area contributed by atoms with E-state index in [4.69, 9.17) is 4.74 Å². The van der Waals surface area contributed by atoms with E-state index in [2.05, 4.69) is 11.9 Å². The first-order chi connectivity index (χ1) is 9.50. The highest BCUT2D eigenvalue weighted by atomic mass is 16.5. The van der Waals surface area contributed by atoms with Gasteiger partial charge in [0.25, 0.3) is 0 Å². The minimum Gasteiger partial charge on any atom is -0.458 e. The molecule has 0 unspecified atom stereocenters. The predicted octanol–water partition coefficient (Wildman–Crippen LogP) is 2.26. The van der Waals surface area contributed by atoms with Crippen LogP contribution >= 0.6 is 0 Å². The topological polar surface area (TPSA) is 58.6 Å². The van der Waals surface area contributed by atoms with Crippen LogP contribution < -0.4 is 10.2 Å². The largest absolute Gasteiger partial charge is 0.458 e. The van der Waals surface area contributed by atoms with Crippen LogP contribution in [0.15, 0.2) is 30.4 Å². The number of carbonyl (C=O) groups excluding carboxylic acids is 2. The van der Waals surface area contributed by atoms with Gasteiger partial charge in [-0.05, 0) is 37.1 Å². The van der Waals surface area contributed by atoms with Crippen LogP contribution in [0.25, 0.3) is 0 Å². The fraction of sp³-hybridized carbons (Fsp3) is 0.333. The summed E-state index contributed by atoms with van der Waals surface area (Å²) in [5, 5.41) is 2.74. The van der Waals surface area contributed by atoms with E-state index in [1.807, 2.05) is 13.0 Å². The summed E-state index contributed by atoms with van der Waals surface area (Å²) in [6, 6.07) is 5.15. The molecule has 1 fully saturated rings. The number of hydrogen-bond acceptors (Lipinski definition) is 3. The number of hydrogen-bond donors (Lipinski definition) is 1. The van der Waals surface area contributed by atoms with Crippen molar-refractivity contribution in [1.29, 1.82) is 0 Å². The zero-order valence-electron chi connectivity index (χ0n) is 11.7. The molecule has 106 valence electrons. The lowest BCUT2D eigenvalue weighted by Crippen LogP contribution is -2.28. The van der Waals surface area contributed by atoms with Gasteiger partial charge in [0.2, 0.25) is 0 Å². The van der Waals surface area contributed by atoms with Crippen molar-refractivity contribution in [2.45, 2.75) is 13.8 Å². The number of anilines is 1. The van der Waals surface area contributed by atoms with Crippen molar-refractivity contribution in [1.82, 2.24) is 5.32 Å².